The van der Waals surface area contributed by atoms with Crippen LogP contribution in [-0.4, -0.2) is 22.0 Å². The Morgan fingerprint density at radius 2 is 1.96 bits per heavy atom. The number of allylic oxidation sites excluding steroid dienone is 2. The Balaban J connectivity index is 1.98. The van der Waals surface area contributed by atoms with Crippen molar-refractivity contribution in [3.05, 3.63) is 69.8 Å². The minimum atomic E-state index is -0.973. The molecule has 1 unspecified atom stereocenters. The zero-order valence-electron chi connectivity index (χ0n) is 16.3. The van der Waals surface area contributed by atoms with Gasteiger partial charge < -0.3 is 14.9 Å². The van der Waals surface area contributed by atoms with Gasteiger partial charge in [-0.2, -0.15) is 0 Å². The number of aliphatic carboxylic acids is 1. The number of fused-ring (bicyclic) bond motifs is 1. The van der Waals surface area contributed by atoms with Crippen molar-refractivity contribution >= 4 is 11.8 Å². The highest BCUT2D eigenvalue weighted by atomic mass is 16.5. The molecule has 1 atom stereocenters. The number of benzene rings is 2. The first-order valence-corrected chi connectivity index (χ1v) is 9.25. The number of ketones is 1. The van der Waals surface area contributed by atoms with Crippen molar-refractivity contribution in [3.8, 4) is 11.5 Å². The smallest absolute Gasteiger partial charge is 0.307 e. The average molecular weight is 380 g/mol. The van der Waals surface area contributed by atoms with Crippen LogP contribution in [0, 0.1) is 6.92 Å². The number of hydrogen-bond acceptors (Lipinski definition) is 4. The number of phenols is 1. The Kier molecular flexibility index (Phi) is 5.54. The van der Waals surface area contributed by atoms with Crippen molar-refractivity contribution in [2.45, 2.75) is 46.1 Å². The van der Waals surface area contributed by atoms with E-state index in [1.165, 1.54) is 0 Å². The second kappa shape index (κ2) is 7.89. The molecule has 3 rings (SSSR count). The van der Waals surface area contributed by atoms with Crippen molar-refractivity contribution in [1.82, 2.24) is 0 Å². The summed E-state index contributed by atoms with van der Waals surface area (Å²) < 4.78 is 6.11. The summed E-state index contributed by atoms with van der Waals surface area (Å²) in [6.07, 6.45) is 2.07. The van der Waals surface area contributed by atoms with E-state index in [0.29, 0.717) is 23.3 Å². The van der Waals surface area contributed by atoms with E-state index in [2.05, 4.69) is 0 Å². The molecule has 0 saturated carbocycles. The lowest BCUT2D eigenvalue weighted by Crippen LogP contribution is -2.22. The Labute approximate surface area is 164 Å². The van der Waals surface area contributed by atoms with E-state index < -0.39 is 12.1 Å². The SMILES string of the molecule is CC(C)=CCc1cc(C2CC(=O)c3cc(C)cc(CC(=O)O)c3O2)ccc1O. The molecule has 2 aromatic rings. The molecule has 0 radical (unpaired) electrons. The number of ether oxygens (including phenoxy) is 1. The van der Waals surface area contributed by atoms with E-state index in [4.69, 9.17) is 4.74 Å². The van der Waals surface area contributed by atoms with Crippen LogP contribution in [0.2, 0.25) is 0 Å². The molecule has 146 valence electrons. The van der Waals surface area contributed by atoms with E-state index in [1.807, 2.05) is 32.9 Å². The summed E-state index contributed by atoms with van der Waals surface area (Å²) in [6.45, 7) is 5.82. The maximum atomic E-state index is 12.7. The largest absolute Gasteiger partial charge is 0.508 e. The van der Waals surface area contributed by atoms with Gasteiger partial charge in [0.1, 0.15) is 17.6 Å². The molecule has 1 aliphatic heterocycles. The Hall–Kier alpha value is -3.08. The van der Waals surface area contributed by atoms with Crippen molar-refractivity contribution in [2.24, 2.45) is 0 Å². The molecule has 0 amide bonds. The van der Waals surface area contributed by atoms with Gasteiger partial charge >= 0.3 is 5.97 Å². The van der Waals surface area contributed by atoms with Crippen molar-refractivity contribution < 1.29 is 24.5 Å². The molecule has 0 fully saturated rings. The van der Waals surface area contributed by atoms with E-state index in [9.17, 15) is 19.8 Å². The van der Waals surface area contributed by atoms with Gasteiger partial charge in [0.05, 0.1) is 18.4 Å². The van der Waals surface area contributed by atoms with Gasteiger partial charge in [0, 0.05) is 5.56 Å². The number of rotatable bonds is 5. The maximum Gasteiger partial charge on any atom is 0.307 e. The van der Waals surface area contributed by atoms with Crippen LogP contribution in [0.5, 0.6) is 11.5 Å². The molecule has 2 aromatic carbocycles. The van der Waals surface area contributed by atoms with Crippen LogP contribution >= 0.6 is 0 Å². The summed E-state index contributed by atoms with van der Waals surface area (Å²) in [5.41, 5.74) is 4.47. The predicted octanol–water partition coefficient (Wildman–Crippen LogP) is 4.54. The van der Waals surface area contributed by atoms with Gasteiger partial charge in [-0.25, -0.2) is 0 Å². The average Bonchev–Trinajstić information content (AvgIpc) is 2.61. The standard InChI is InChI=1S/C23H24O5/c1-13(2)4-5-15-10-16(6-7-19(15)24)21-12-20(25)18-9-14(3)8-17(11-22(26)27)23(18)28-21/h4,6-10,21,24H,5,11-12H2,1-3H3,(H,26,27). The van der Waals surface area contributed by atoms with E-state index >= 15 is 0 Å². The molecule has 1 aliphatic rings. The lowest BCUT2D eigenvalue weighted by molar-refractivity contribution is -0.136. The molecule has 0 saturated heterocycles. The van der Waals surface area contributed by atoms with E-state index in [-0.39, 0.29) is 24.4 Å². The van der Waals surface area contributed by atoms with Crippen molar-refractivity contribution in [2.75, 3.05) is 0 Å². The molecule has 28 heavy (non-hydrogen) atoms. The summed E-state index contributed by atoms with van der Waals surface area (Å²) in [6, 6.07) is 8.70. The van der Waals surface area contributed by atoms with Crippen molar-refractivity contribution in [3.63, 3.8) is 0 Å². The van der Waals surface area contributed by atoms with Crippen LogP contribution < -0.4 is 4.74 Å². The number of carbonyl (C=O) groups excluding carboxylic acids is 1. The van der Waals surface area contributed by atoms with Gasteiger partial charge in [0.25, 0.3) is 0 Å². The second-order valence-corrected chi connectivity index (χ2v) is 7.48. The number of aryl methyl sites for hydroxylation is 1. The fourth-order valence-corrected chi connectivity index (χ4v) is 3.42. The van der Waals surface area contributed by atoms with Crippen LogP contribution in [0.15, 0.2) is 42.0 Å². The zero-order chi connectivity index (χ0) is 20.4. The lowest BCUT2D eigenvalue weighted by atomic mass is 9.91. The predicted molar refractivity (Wildman–Crippen MR) is 106 cm³/mol. The van der Waals surface area contributed by atoms with Crippen LogP contribution in [0.1, 0.15) is 59.0 Å². The highest BCUT2D eigenvalue weighted by Gasteiger charge is 2.30. The van der Waals surface area contributed by atoms with Gasteiger partial charge in [0.15, 0.2) is 5.78 Å². The van der Waals surface area contributed by atoms with Gasteiger partial charge in [-0.1, -0.05) is 23.8 Å². The maximum absolute atomic E-state index is 12.7. The number of hydrogen-bond donors (Lipinski definition) is 2. The lowest BCUT2D eigenvalue weighted by Gasteiger charge is -2.28. The number of carboxylic acids is 1. The summed E-state index contributed by atoms with van der Waals surface area (Å²) in [5.74, 6) is -0.487. The number of Topliss-reactive ketones (excluding diaryl/α,β-unsaturated/α-hetero) is 1. The first-order chi connectivity index (χ1) is 13.2. The second-order valence-electron chi connectivity index (χ2n) is 7.48. The Bertz CT molecular complexity index is 967. The third-order valence-electron chi connectivity index (χ3n) is 4.79. The van der Waals surface area contributed by atoms with Gasteiger partial charge in [0.2, 0.25) is 0 Å². The Morgan fingerprint density at radius 3 is 2.64 bits per heavy atom. The molecule has 1 heterocycles. The van der Waals surface area contributed by atoms with E-state index in [1.54, 1.807) is 24.3 Å². The molecular formula is C23H24O5. The highest BCUT2D eigenvalue weighted by molar-refractivity contribution is 6.01. The molecular weight excluding hydrogens is 356 g/mol. The minimum Gasteiger partial charge on any atom is -0.508 e. The third-order valence-corrected chi connectivity index (χ3v) is 4.79. The van der Waals surface area contributed by atoms with Gasteiger partial charge in [-0.3, -0.25) is 9.59 Å². The molecule has 5 nitrogen and oxygen atoms in total. The van der Waals surface area contributed by atoms with Crippen LogP contribution in [-0.2, 0) is 17.6 Å². The van der Waals surface area contributed by atoms with E-state index in [0.717, 1.165) is 22.3 Å². The van der Waals surface area contributed by atoms with Crippen LogP contribution in [0.3, 0.4) is 0 Å². The number of aromatic hydroxyl groups is 1. The quantitative estimate of drug-likeness (QED) is 0.744. The summed E-state index contributed by atoms with van der Waals surface area (Å²) in [7, 11) is 0. The van der Waals surface area contributed by atoms with Crippen LogP contribution in [0.25, 0.3) is 0 Å². The highest BCUT2D eigenvalue weighted by Crippen LogP contribution is 2.39. The molecule has 0 bridgehead atoms. The monoisotopic (exact) mass is 380 g/mol. The number of carbonyl (C=O) groups is 2. The summed E-state index contributed by atoms with van der Waals surface area (Å²) in [5, 5.41) is 19.3. The normalized spacial score (nSPS) is 15.5. The van der Waals surface area contributed by atoms with Crippen LogP contribution in [0.4, 0.5) is 0 Å². The van der Waals surface area contributed by atoms with Crippen molar-refractivity contribution in [1.29, 1.82) is 0 Å². The fourth-order valence-electron chi connectivity index (χ4n) is 3.42. The fraction of sp³-hybridized carbons (Fsp3) is 0.304. The molecule has 0 spiro atoms. The number of phenolic OH excluding ortho intramolecular Hbond substituents is 1. The number of carboxylic acid groups (broad SMARTS) is 1. The topological polar surface area (TPSA) is 83.8 Å². The first kappa shape index (κ1) is 19.7. The molecule has 0 aliphatic carbocycles. The van der Waals surface area contributed by atoms with Gasteiger partial charge in [-0.05, 0) is 62.1 Å². The molecule has 5 heteroatoms. The molecule has 0 aromatic heterocycles. The minimum absolute atomic E-state index is 0.0690. The third kappa shape index (κ3) is 4.25. The summed E-state index contributed by atoms with van der Waals surface area (Å²) >= 11 is 0. The zero-order valence-corrected chi connectivity index (χ0v) is 16.3. The Morgan fingerprint density at radius 1 is 1.21 bits per heavy atom. The van der Waals surface area contributed by atoms with Gasteiger partial charge in [-0.15, -0.1) is 0 Å². The first-order valence-electron chi connectivity index (χ1n) is 9.25. The summed E-state index contributed by atoms with van der Waals surface area (Å²) in [4.78, 5) is 24.0. The molecule has 2 N–H and O–H groups in total.